The van der Waals surface area contributed by atoms with Crippen molar-refractivity contribution in [1.29, 1.82) is 0 Å². The molecule has 0 bridgehead atoms. The molecule has 0 saturated carbocycles. The number of fused-ring (bicyclic) bond motifs is 3. The van der Waals surface area contributed by atoms with Crippen molar-refractivity contribution in [1.82, 2.24) is 15.2 Å². The second-order valence-electron chi connectivity index (χ2n) is 4.20. The van der Waals surface area contributed by atoms with Crippen LogP contribution in [0.4, 0.5) is 0 Å². The molecule has 0 spiro atoms. The maximum atomic E-state index is 6.28. The fraction of sp³-hybridized carbons (Fsp3) is 0.250. The van der Waals surface area contributed by atoms with Gasteiger partial charge in [0.05, 0.1) is 21.1 Å². The number of nitrogens with zero attached hydrogens (tertiary/aromatic N) is 3. The van der Waals surface area contributed by atoms with Gasteiger partial charge < -0.3 is 0 Å². The van der Waals surface area contributed by atoms with Gasteiger partial charge in [0.1, 0.15) is 4.83 Å². The van der Waals surface area contributed by atoms with Crippen molar-refractivity contribution in [2.75, 3.05) is 0 Å². The van der Waals surface area contributed by atoms with E-state index in [1.165, 1.54) is 11.3 Å². The van der Waals surface area contributed by atoms with E-state index in [1.807, 2.05) is 20.8 Å². The van der Waals surface area contributed by atoms with Crippen LogP contribution in [0.5, 0.6) is 0 Å². The molecule has 6 heteroatoms. The summed E-state index contributed by atoms with van der Waals surface area (Å²) in [6.45, 7) is 5.83. The molecule has 0 saturated heterocycles. The average Bonchev–Trinajstić information content (AvgIpc) is 2.71. The largest absolute Gasteiger partial charge is 0.241 e. The Kier molecular flexibility index (Phi) is 2.70. The second kappa shape index (κ2) is 4.02. The summed E-state index contributed by atoms with van der Waals surface area (Å²) in [5, 5.41) is 11.2. The Hall–Kier alpha value is -0.970. The normalized spacial score (nSPS) is 11.6. The lowest BCUT2D eigenvalue weighted by atomic mass is 10.1. The lowest BCUT2D eigenvalue weighted by Crippen LogP contribution is -1.90. The quantitative estimate of drug-likeness (QED) is 0.614. The fourth-order valence-electron chi connectivity index (χ4n) is 2.13. The van der Waals surface area contributed by atoms with Crippen LogP contribution in [0.1, 0.15) is 17.0 Å². The maximum Gasteiger partial charge on any atom is 0.169 e. The van der Waals surface area contributed by atoms with Crippen LogP contribution in [0.15, 0.2) is 0 Å². The van der Waals surface area contributed by atoms with Gasteiger partial charge in [-0.3, -0.25) is 0 Å². The molecule has 0 radical (unpaired) electrons. The maximum absolute atomic E-state index is 6.28. The van der Waals surface area contributed by atoms with Crippen LogP contribution in [0.2, 0.25) is 10.2 Å². The van der Waals surface area contributed by atoms with Gasteiger partial charge in [-0.1, -0.05) is 23.2 Å². The van der Waals surface area contributed by atoms with E-state index in [9.17, 15) is 0 Å². The Balaban J connectivity index is 2.66. The zero-order valence-corrected chi connectivity index (χ0v) is 12.3. The van der Waals surface area contributed by atoms with Gasteiger partial charge in [0.15, 0.2) is 5.15 Å². The van der Waals surface area contributed by atoms with Crippen molar-refractivity contribution in [3.63, 3.8) is 0 Å². The molecule has 0 unspecified atom stereocenters. The molecule has 0 aliphatic heterocycles. The minimum Gasteiger partial charge on any atom is -0.241 e. The third kappa shape index (κ3) is 1.53. The van der Waals surface area contributed by atoms with Gasteiger partial charge in [-0.05, 0) is 26.3 Å². The predicted octanol–water partition coefficient (Wildman–Crippen LogP) is 4.47. The van der Waals surface area contributed by atoms with E-state index in [0.717, 1.165) is 37.3 Å². The predicted molar refractivity (Wildman–Crippen MR) is 76.9 cm³/mol. The number of pyridine rings is 1. The molecule has 3 aromatic rings. The fourth-order valence-corrected chi connectivity index (χ4v) is 3.73. The molecular weight excluding hydrogens is 289 g/mol. The minimum absolute atomic E-state index is 0.423. The monoisotopic (exact) mass is 297 g/mol. The summed E-state index contributed by atoms with van der Waals surface area (Å²) >= 11 is 13.9. The summed E-state index contributed by atoms with van der Waals surface area (Å²) < 4.78 is 0.927. The highest BCUT2D eigenvalue weighted by Crippen LogP contribution is 2.40. The highest BCUT2D eigenvalue weighted by atomic mass is 35.5. The number of thiophene rings is 1. The molecule has 0 N–H and O–H groups in total. The third-order valence-corrected chi connectivity index (χ3v) is 5.04. The van der Waals surface area contributed by atoms with Crippen LogP contribution in [0.25, 0.3) is 20.3 Å². The van der Waals surface area contributed by atoms with E-state index in [-0.39, 0.29) is 0 Å². The molecule has 92 valence electrons. The molecule has 0 atom stereocenters. The van der Waals surface area contributed by atoms with E-state index in [4.69, 9.17) is 23.2 Å². The Bertz CT molecular complexity index is 795. The van der Waals surface area contributed by atoms with E-state index in [0.29, 0.717) is 10.2 Å². The zero-order chi connectivity index (χ0) is 13.0. The number of hydrogen-bond acceptors (Lipinski definition) is 4. The molecule has 0 aromatic carbocycles. The van der Waals surface area contributed by atoms with Crippen LogP contribution in [0.3, 0.4) is 0 Å². The number of aromatic nitrogens is 3. The molecule has 0 aliphatic carbocycles. The van der Waals surface area contributed by atoms with E-state index in [2.05, 4.69) is 15.2 Å². The van der Waals surface area contributed by atoms with Gasteiger partial charge in [-0.15, -0.1) is 16.4 Å². The van der Waals surface area contributed by atoms with Gasteiger partial charge >= 0.3 is 0 Å². The number of aryl methyl sites for hydroxylation is 3. The Morgan fingerprint density at radius 2 is 1.67 bits per heavy atom. The van der Waals surface area contributed by atoms with Crippen molar-refractivity contribution in [3.05, 3.63) is 27.1 Å². The Morgan fingerprint density at radius 1 is 0.944 bits per heavy atom. The number of hydrogen-bond donors (Lipinski definition) is 0. The van der Waals surface area contributed by atoms with Crippen molar-refractivity contribution >= 4 is 54.8 Å². The van der Waals surface area contributed by atoms with Gasteiger partial charge in [-0.25, -0.2) is 4.98 Å². The third-order valence-electron chi connectivity index (χ3n) is 3.02. The van der Waals surface area contributed by atoms with E-state index < -0.39 is 0 Å². The first-order chi connectivity index (χ1) is 8.50. The summed E-state index contributed by atoms with van der Waals surface area (Å²) in [6, 6.07) is 0. The van der Waals surface area contributed by atoms with Gasteiger partial charge in [0.2, 0.25) is 0 Å². The van der Waals surface area contributed by atoms with Gasteiger partial charge in [0.25, 0.3) is 0 Å². The molecule has 3 rings (SSSR count). The summed E-state index contributed by atoms with van der Waals surface area (Å²) in [5.74, 6) is 0. The van der Waals surface area contributed by atoms with Gasteiger partial charge in [-0.2, -0.15) is 5.10 Å². The molecular formula is C12H9Cl2N3S. The molecule has 0 amide bonds. The molecule has 18 heavy (non-hydrogen) atoms. The highest BCUT2D eigenvalue weighted by Gasteiger charge is 2.17. The standard InChI is InChI=1S/C12H9Cl2N3S/c1-4-7-8-5(2)16-17-11(14)10(8)18-12(7)15-6(3)9(4)13/h1-3H3. The molecule has 3 aromatic heterocycles. The van der Waals surface area contributed by atoms with Crippen LogP contribution >= 0.6 is 34.5 Å². The minimum atomic E-state index is 0.423. The molecule has 3 heterocycles. The zero-order valence-electron chi connectivity index (χ0n) is 10.0. The Labute approximate surface area is 118 Å². The summed E-state index contributed by atoms with van der Waals surface area (Å²) in [6.07, 6.45) is 0. The lowest BCUT2D eigenvalue weighted by molar-refractivity contribution is 1.01. The van der Waals surface area contributed by atoms with E-state index in [1.54, 1.807) is 0 Å². The van der Waals surface area contributed by atoms with Crippen LogP contribution < -0.4 is 0 Å². The first-order valence-corrected chi connectivity index (χ1v) is 6.95. The lowest BCUT2D eigenvalue weighted by Gasteiger charge is -2.04. The van der Waals surface area contributed by atoms with E-state index >= 15 is 0 Å². The van der Waals surface area contributed by atoms with Crippen LogP contribution in [-0.2, 0) is 0 Å². The van der Waals surface area contributed by atoms with Crippen molar-refractivity contribution in [3.8, 4) is 0 Å². The Morgan fingerprint density at radius 3 is 2.39 bits per heavy atom. The number of halogens is 2. The van der Waals surface area contributed by atoms with Crippen LogP contribution in [0, 0.1) is 20.8 Å². The summed E-state index contributed by atoms with van der Waals surface area (Å²) in [4.78, 5) is 5.46. The van der Waals surface area contributed by atoms with Gasteiger partial charge in [0, 0.05) is 10.8 Å². The molecule has 3 nitrogen and oxygen atoms in total. The number of rotatable bonds is 0. The first kappa shape index (κ1) is 12.1. The molecule has 0 aliphatic rings. The first-order valence-electron chi connectivity index (χ1n) is 5.38. The summed E-state index contributed by atoms with van der Waals surface area (Å²) in [7, 11) is 0. The summed E-state index contributed by atoms with van der Waals surface area (Å²) in [5.41, 5.74) is 2.71. The molecule has 0 fully saturated rings. The topological polar surface area (TPSA) is 38.7 Å². The SMILES string of the molecule is Cc1nc2sc3c(Cl)nnc(C)c3c2c(C)c1Cl. The van der Waals surface area contributed by atoms with Crippen LogP contribution in [-0.4, -0.2) is 15.2 Å². The van der Waals surface area contributed by atoms with Crippen molar-refractivity contribution in [2.24, 2.45) is 0 Å². The average molecular weight is 298 g/mol. The van der Waals surface area contributed by atoms with Crippen molar-refractivity contribution < 1.29 is 0 Å². The smallest absolute Gasteiger partial charge is 0.169 e. The van der Waals surface area contributed by atoms with Crippen molar-refractivity contribution in [2.45, 2.75) is 20.8 Å². The second-order valence-corrected chi connectivity index (χ2v) is 5.93. The highest BCUT2D eigenvalue weighted by molar-refractivity contribution is 7.26.